The second-order valence-corrected chi connectivity index (χ2v) is 21.8. The van der Waals surface area contributed by atoms with Crippen molar-refractivity contribution in [3.05, 3.63) is 238 Å². The van der Waals surface area contributed by atoms with Crippen LogP contribution in [-0.2, 0) is 67.4 Å². The number of ether oxygens (including phenoxy) is 6. The minimum atomic E-state index is -0.518. The van der Waals surface area contributed by atoms with E-state index >= 15 is 0 Å². The largest absolute Gasteiger partial charge is 0.483 e. The van der Waals surface area contributed by atoms with Gasteiger partial charge in [0.1, 0.15) is 23.0 Å². The predicted octanol–water partition coefficient (Wildman–Crippen LogP) is 13.4. The molecule has 2 amide bonds. The van der Waals surface area contributed by atoms with Crippen LogP contribution in [-0.4, -0.2) is 63.4 Å². The first kappa shape index (κ1) is 55.0. The molecule has 86 heavy (non-hydrogen) atoms. The number of benzene rings is 12. The van der Waals surface area contributed by atoms with Gasteiger partial charge in [-0.3, -0.25) is 9.59 Å². The molecular weight excluding hydrogens is 1080 g/mol. The fourth-order valence-corrected chi connectivity index (χ4v) is 12.6. The summed E-state index contributed by atoms with van der Waals surface area (Å²) in [5, 5.41) is 20.2. The highest BCUT2D eigenvalue weighted by Gasteiger charge is 2.24. The maximum Gasteiger partial charge on any atom is 0.344 e. The lowest BCUT2D eigenvalue weighted by atomic mass is 9.91. The first-order valence-electron chi connectivity index (χ1n) is 29.3. The Morgan fingerprint density at radius 2 is 0.593 bits per heavy atom. The van der Waals surface area contributed by atoms with E-state index in [4.69, 9.17) is 28.4 Å². The average Bonchev–Trinajstić information content (AvgIpc) is 0.983. The van der Waals surface area contributed by atoms with Crippen molar-refractivity contribution in [2.24, 2.45) is 0 Å². The number of carbonyl (C=O) groups is 4. The van der Waals surface area contributed by atoms with E-state index in [2.05, 4.69) is 120 Å². The molecule has 12 heteroatoms. The number of rotatable bonds is 18. The molecule has 0 aliphatic heterocycles. The van der Waals surface area contributed by atoms with E-state index in [1.54, 1.807) is 13.8 Å². The summed E-state index contributed by atoms with van der Waals surface area (Å²) in [6, 6.07) is 61.7. The molecule has 2 N–H and O–H groups in total. The van der Waals surface area contributed by atoms with Gasteiger partial charge in [0.25, 0.3) is 11.8 Å². The zero-order chi connectivity index (χ0) is 58.7. The van der Waals surface area contributed by atoms with Crippen LogP contribution in [0.15, 0.2) is 182 Å². The third kappa shape index (κ3) is 11.1. The Labute approximate surface area is 497 Å². The number of amides is 2. The van der Waals surface area contributed by atoms with Gasteiger partial charge in [-0.25, -0.2) is 9.59 Å². The zero-order valence-corrected chi connectivity index (χ0v) is 47.9. The number of esters is 2. The molecule has 0 heterocycles. The Morgan fingerprint density at radius 1 is 0.326 bits per heavy atom. The molecular formula is C74H62N2O10. The lowest BCUT2D eigenvalue weighted by Gasteiger charge is -2.22. The molecule has 0 atom stereocenters. The molecule has 12 nitrogen and oxygen atoms in total. The van der Waals surface area contributed by atoms with Crippen LogP contribution in [0.5, 0.6) is 23.0 Å². The summed E-state index contributed by atoms with van der Waals surface area (Å²) in [5.74, 6) is 0.319. The van der Waals surface area contributed by atoms with Crippen LogP contribution in [0, 0.1) is 0 Å². The van der Waals surface area contributed by atoms with E-state index in [9.17, 15) is 19.2 Å². The highest BCUT2D eigenvalue weighted by atomic mass is 16.6. The van der Waals surface area contributed by atoms with E-state index in [1.165, 1.54) is 43.1 Å². The summed E-state index contributed by atoms with van der Waals surface area (Å²) in [4.78, 5) is 54.3. The molecule has 0 spiro atoms. The highest BCUT2D eigenvalue weighted by molar-refractivity contribution is 6.24. The fourth-order valence-electron chi connectivity index (χ4n) is 12.6. The summed E-state index contributed by atoms with van der Waals surface area (Å²) in [6.45, 7) is 3.20. The molecule has 0 saturated heterocycles. The van der Waals surface area contributed by atoms with Crippen molar-refractivity contribution < 1.29 is 47.6 Å². The normalized spacial score (nSPS) is 12.2. The number of fused-ring (bicyclic) bond motifs is 8. The van der Waals surface area contributed by atoms with Gasteiger partial charge in [0.15, 0.2) is 26.4 Å². The molecule has 0 fully saturated rings. The second kappa shape index (κ2) is 24.2. The van der Waals surface area contributed by atoms with Crippen molar-refractivity contribution in [3.63, 3.8) is 0 Å². The molecule has 8 bridgehead atoms. The van der Waals surface area contributed by atoms with Gasteiger partial charge in [0.2, 0.25) is 0 Å². The van der Waals surface area contributed by atoms with E-state index < -0.39 is 11.9 Å². The minimum absolute atomic E-state index is 0.188. The van der Waals surface area contributed by atoms with Gasteiger partial charge in [-0.15, -0.1) is 0 Å². The smallest absolute Gasteiger partial charge is 0.344 e. The van der Waals surface area contributed by atoms with E-state index in [0.29, 0.717) is 23.0 Å². The van der Waals surface area contributed by atoms with E-state index in [1.807, 2.05) is 72.8 Å². The number of para-hydroxylation sites is 4. The Kier molecular flexibility index (Phi) is 15.5. The summed E-state index contributed by atoms with van der Waals surface area (Å²) in [6.07, 6.45) is 1.12. The Morgan fingerprint density at radius 3 is 0.907 bits per heavy atom. The van der Waals surface area contributed by atoms with Gasteiger partial charge in [0, 0.05) is 38.8 Å². The quantitative estimate of drug-likeness (QED) is 0.0628. The third-order valence-electron chi connectivity index (χ3n) is 16.4. The number of hydrogen-bond acceptors (Lipinski definition) is 10. The maximum atomic E-state index is 14.1. The SMILES string of the molecule is CCOC(=O)COc1c2cccc1Cc1cccc(c1OCC(=O)NCc1ccc3ccc4cccc5ccc1c3c45)Cc1cccc(c1OCC(=O)OCC)Cc1cccc(c1OCC(=O)NCc1ccc3ccc4cccc5ccc1c3c45)C2. The molecule has 428 valence electrons. The summed E-state index contributed by atoms with van der Waals surface area (Å²) in [7, 11) is 0. The fraction of sp³-hybridized carbons (Fsp3) is 0.189. The third-order valence-corrected chi connectivity index (χ3v) is 16.4. The first-order valence-corrected chi connectivity index (χ1v) is 29.3. The van der Waals surface area contributed by atoms with Crippen LogP contribution >= 0.6 is 0 Å². The molecule has 1 aliphatic rings. The van der Waals surface area contributed by atoms with Gasteiger partial charge in [-0.2, -0.15) is 0 Å². The summed E-state index contributed by atoms with van der Waals surface area (Å²) >= 11 is 0. The van der Waals surface area contributed by atoms with Gasteiger partial charge >= 0.3 is 11.9 Å². The first-order chi connectivity index (χ1) is 42.2. The monoisotopic (exact) mass is 1140 g/mol. The Bertz CT molecular complexity index is 4160. The minimum Gasteiger partial charge on any atom is -0.483 e. The molecule has 13 rings (SSSR count). The Balaban J connectivity index is 0.831. The average molecular weight is 1140 g/mol. The Hall–Kier alpha value is -10.2. The van der Waals surface area contributed by atoms with Crippen molar-refractivity contribution in [1.29, 1.82) is 0 Å². The molecule has 0 radical (unpaired) electrons. The second-order valence-electron chi connectivity index (χ2n) is 21.8. The lowest BCUT2D eigenvalue weighted by Crippen LogP contribution is -2.29. The van der Waals surface area contributed by atoms with Crippen molar-refractivity contribution in [2.75, 3.05) is 39.6 Å². The van der Waals surface area contributed by atoms with Crippen LogP contribution in [0.1, 0.15) is 69.5 Å². The number of carbonyl (C=O) groups excluding carboxylic acids is 4. The van der Waals surface area contributed by atoms with Crippen molar-refractivity contribution in [3.8, 4) is 23.0 Å². The van der Waals surface area contributed by atoms with Crippen LogP contribution < -0.4 is 29.6 Å². The lowest BCUT2D eigenvalue weighted by molar-refractivity contribution is -0.146. The van der Waals surface area contributed by atoms with Gasteiger partial charge in [0.05, 0.1) is 13.2 Å². The number of nitrogens with one attached hydrogen (secondary N) is 2. The van der Waals surface area contributed by atoms with Crippen molar-refractivity contribution >= 4 is 88.4 Å². The van der Waals surface area contributed by atoms with Gasteiger partial charge in [-0.05, 0) is 134 Å². The van der Waals surface area contributed by atoms with E-state index in [-0.39, 0.29) is 90.2 Å². The summed E-state index contributed by atoms with van der Waals surface area (Å²) < 4.78 is 37.2. The number of hydrogen-bond donors (Lipinski definition) is 2. The topological polar surface area (TPSA) is 148 Å². The van der Waals surface area contributed by atoms with Gasteiger partial charge < -0.3 is 39.1 Å². The summed E-state index contributed by atoms with van der Waals surface area (Å²) in [5.41, 5.74) is 8.04. The maximum absolute atomic E-state index is 14.1. The van der Waals surface area contributed by atoms with E-state index in [0.717, 1.165) is 77.2 Å². The highest BCUT2D eigenvalue weighted by Crippen LogP contribution is 2.41. The molecule has 1 aliphatic carbocycles. The predicted molar refractivity (Wildman–Crippen MR) is 336 cm³/mol. The van der Waals surface area contributed by atoms with Gasteiger partial charge in [-0.1, -0.05) is 182 Å². The van der Waals surface area contributed by atoms with Crippen LogP contribution in [0.2, 0.25) is 0 Å². The zero-order valence-electron chi connectivity index (χ0n) is 47.9. The molecule has 0 aromatic heterocycles. The van der Waals surface area contributed by atoms with Crippen LogP contribution in [0.4, 0.5) is 0 Å². The molecule has 12 aromatic rings. The molecule has 0 saturated carbocycles. The van der Waals surface area contributed by atoms with Crippen molar-refractivity contribution in [1.82, 2.24) is 10.6 Å². The van der Waals surface area contributed by atoms with Crippen LogP contribution in [0.25, 0.3) is 64.6 Å². The van der Waals surface area contributed by atoms with Crippen LogP contribution in [0.3, 0.4) is 0 Å². The standard InChI is InChI=1S/C74H62N2O10/c1-3-81-65(79)43-85-73-55-19-9-20-56(73)36-52-16-8-18-54(72(52)84-42-64(78)76-40-60-30-28-50-26-24-46-12-6-14-48-32-34-62(60)70(50)68(46)48)38-58-22-10-21-57(74(58)86-44-66(80)82-4-2)37-53-17-7-15-51(35-55)71(53)83-41-63(77)75-39-59-29-27-49-25-23-45-11-5-13-47-31-33-61(59)69(49)67(45)47/h5-34H,3-4,35-44H2,1-2H3,(H,75,77)(H,76,78). The molecule has 0 unspecified atom stereocenters. The molecule has 12 aromatic carbocycles. The van der Waals surface area contributed by atoms with Crippen molar-refractivity contribution in [2.45, 2.75) is 52.6 Å².